The molecule has 0 radical (unpaired) electrons. The molecule has 3 aromatic rings. The average molecular weight is 394 g/mol. The van der Waals surface area contributed by atoms with E-state index < -0.39 is 0 Å². The van der Waals surface area contributed by atoms with E-state index in [0.717, 1.165) is 10.2 Å². The Balaban J connectivity index is 2.14. The summed E-state index contributed by atoms with van der Waals surface area (Å²) in [6.45, 7) is 4.64. The molecule has 0 aliphatic carbocycles. The van der Waals surface area contributed by atoms with Gasteiger partial charge in [0, 0.05) is 11.6 Å². The Bertz CT molecular complexity index is 1110. The molecule has 0 N–H and O–H groups in total. The summed E-state index contributed by atoms with van der Waals surface area (Å²) in [5.41, 5.74) is 2.60. The van der Waals surface area contributed by atoms with Gasteiger partial charge in [-0.05, 0) is 35.7 Å². The van der Waals surface area contributed by atoms with Gasteiger partial charge in [0.05, 0.1) is 31.0 Å². The van der Waals surface area contributed by atoms with Gasteiger partial charge in [-0.1, -0.05) is 37.2 Å². The van der Waals surface area contributed by atoms with Crippen LogP contribution in [-0.4, -0.2) is 24.7 Å². The van der Waals surface area contributed by atoms with Crippen molar-refractivity contribution < 1.29 is 14.3 Å². The highest BCUT2D eigenvalue weighted by atomic mass is 32.1. The first-order chi connectivity index (χ1) is 13.5. The van der Waals surface area contributed by atoms with Gasteiger partial charge in [0.2, 0.25) is 0 Å². The Morgan fingerprint density at radius 2 is 1.86 bits per heavy atom. The number of hydrogen-bond donors (Lipinski definition) is 0. The highest BCUT2D eigenvalue weighted by molar-refractivity contribution is 7.16. The molecule has 144 valence electrons. The number of carbonyl (C=O) groups excluding carboxylic acids is 1. The zero-order valence-corrected chi connectivity index (χ0v) is 17.2. The van der Waals surface area contributed by atoms with Crippen molar-refractivity contribution in [3.63, 3.8) is 0 Å². The number of amides is 1. The van der Waals surface area contributed by atoms with E-state index in [0.29, 0.717) is 34.3 Å². The Morgan fingerprint density at radius 1 is 1.18 bits per heavy atom. The smallest absolute Gasteiger partial charge is 0.279 e. The maximum Gasteiger partial charge on any atom is 0.279 e. The number of methoxy groups -OCH3 is 2. The van der Waals surface area contributed by atoms with Gasteiger partial charge in [0.15, 0.2) is 4.80 Å². The minimum Gasteiger partial charge on any atom is -0.497 e. The molecule has 28 heavy (non-hydrogen) atoms. The lowest BCUT2D eigenvalue weighted by atomic mass is 10.0. The Hall–Kier alpha value is -3.04. The molecular formula is C22H22N2O3S. The van der Waals surface area contributed by atoms with E-state index in [2.05, 4.69) is 36.9 Å². The molecule has 0 aliphatic rings. The van der Waals surface area contributed by atoms with Crippen molar-refractivity contribution in [2.24, 2.45) is 4.99 Å². The number of benzene rings is 2. The number of rotatable bonds is 5. The largest absolute Gasteiger partial charge is 0.497 e. The fourth-order valence-electron chi connectivity index (χ4n) is 2.86. The molecule has 1 amide bonds. The molecule has 0 saturated carbocycles. The number of hydrogen-bond acceptors (Lipinski definition) is 4. The third kappa shape index (κ3) is 3.95. The topological polar surface area (TPSA) is 52.8 Å². The first-order valence-electron chi connectivity index (χ1n) is 8.85. The molecule has 0 fully saturated rings. The van der Waals surface area contributed by atoms with Crippen molar-refractivity contribution >= 4 is 27.5 Å². The second-order valence-corrected chi connectivity index (χ2v) is 7.58. The van der Waals surface area contributed by atoms with E-state index in [9.17, 15) is 4.79 Å². The molecule has 6 heteroatoms. The number of fused-ring (bicyclic) bond motifs is 1. The van der Waals surface area contributed by atoms with E-state index in [-0.39, 0.29) is 5.91 Å². The van der Waals surface area contributed by atoms with Crippen LogP contribution in [0.1, 0.15) is 35.7 Å². The lowest BCUT2D eigenvalue weighted by Crippen LogP contribution is -2.16. The quantitative estimate of drug-likeness (QED) is 0.609. The fraction of sp³-hybridized carbons (Fsp3) is 0.273. The van der Waals surface area contributed by atoms with Crippen LogP contribution in [0.2, 0.25) is 0 Å². The van der Waals surface area contributed by atoms with E-state index >= 15 is 0 Å². The molecule has 1 heterocycles. The lowest BCUT2D eigenvalue weighted by molar-refractivity contribution is 0.0997. The maximum atomic E-state index is 12.8. The van der Waals surface area contributed by atoms with Gasteiger partial charge in [-0.25, -0.2) is 0 Å². The molecule has 2 aromatic carbocycles. The second-order valence-electron chi connectivity index (χ2n) is 6.58. The normalized spacial score (nSPS) is 11.6. The van der Waals surface area contributed by atoms with Gasteiger partial charge in [0.1, 0.15) is 11.5 Å². The van der Waals surface area contributed by atoms with Crippen molar-refractivity contribution in [3.8, 4) is 23.8 Å². The molecule has 0 aliphatic heterocycles. The molecule has 3 rings (SSSR count). The minimum absolute atomic E-state index is 0.342. The number of aromatic nitrogens is 1. The summed E-state index contributed by atoms with van der Waals surface area (Å²) >= 11 is 1.46. The lowest BCUT2D eigenvalue weighted by Gasteiger charge is -2.06. The summed E-state index contributed by atoms with van der Waals surface area (Å²) in [7, 11) is 3.08. The van der Waals surface area contributed by atoms with Gasteiger partial charge < -0.3 is 14.0 Å². The molecule has 0 spiro atoms. The summed E-state index contributed by atoms with van der Waals surface area (Å²) in [6, 6.07) is 11.3. The summed E-state index contributed by atoms with van der Waals surface area (Å²) in [5.74, 6) is 3.76. The maximum absolute atomic E-state index is 12.8. The van der Waals surface area contributed by atoms with E-state index in [1.807, 2.05) is 10.6 Å². The molecule has 0 bridgehead atoms. The van der Waals surface area contributed by atoms with Crippen molar-refractivity contribution in [1.29, 1.82) is 0 Å². The molecular weight excluding hydrogens is 372 g/mol. The summed E-state index contributed by atoms with van der Waals surface area (Å²) in [4.78, 5) is 17.7. The number of ether oxygens (including phenoxy) is 2. The van der Waals surface area contributed by atoms with Crippen molar-refractivity contribution in [3.05, 3.63) is 52.3 Å². The minimum atomic E-state index is -0.376. The zero-order valence-electron chi connectivity index (χ0n) is 16.4. The van der Waals surface area contributed by atoms with Crippen LogP contribution in [0.25, 0.3) is 10.2 Å². The molecule has 0 saturated heterocycles. The highest BCUT2D eigenvalue weighted by Crippen LogP contribution is 2.25. The first-order valence-corrected chi connectivity index (χ1v) is 9.67. The Morgan fingerprint density at radius 3 is 2.43 bits per heavy atom. The van der Waals surface area contributed by atoms with Crippen LogP contribution < -0.4 is 14.3 Å². The van der Waals surface area contributed by atoms with Crippen LogP contribution >= 0.6 is 11.3 Å². The number of thiazole rings is 1. The molecule has 0 unspecified atom stereocenters. The number of terminal acetylenes is 1. The van der Waals surface area contributed by atoms with E-state index in [4.69, 9.17) is 15.9 Å². The Kier molecular flexibility index (Phi) is 5.86. The summed E-state index contributed by atoms with van der Waals surface area (Å²) in [6.07, 6.45) is 5.55. The number of nitrogens with zero attached hydrogens (tertiary/aromatic N) is 2. The van der Waals surface area contributed by atoms with Gasteiger partial charge in [-0.3, -0.25) is 4.79 Å². The highest BCUT2D eigenvalue weighted by Gasteiger charge is 2.12. The van der Waals surface area contributed by atoms with Crippen LogP contribution in [-0.2, 0) is 6.54 Å². The van der Waals surface area contributed by atoms with E-state index in [1.54, 1.807) is 32.4 Å². The third-order valence-corrected chi connectivity index (χ3v) is 5.46. The molecule has 1 aromatic heterocycles. The SMILES string of the molecule is C#CCn1c(=NC(=O)c2cc(OC)cc(OC)c2)sc2cc(C(C)C)ccc21. The first kappa shape index (κ1) is 19.7. The van der Waals surface area contributed by atoms with E-state index in [1.165, 1.54) is 16.9 Å². The van der Waals surface area contributed by atoms with Gasteiger partial charge in [-0.2, -0.15) is 4.99 Å². The van der Waals surface area contributed by atoms with Crippen LogP contribution in [0, 0.1) is 12.3 Å². The third-order valence-electron chi connectivity index (χ3n) is 4.42. The molecule has 5 nitrogen and oxygen atoms in total. The summed E-state index contributed by atoms with van der Waals surface area (Å²) < 4.78 is 13.4. The molecule has 0 atom stereocenters. The average Bonchev–Trinajstić information content (AvgIpc) is 3.04. The van der Waals surface area contributed by atoms with Crippen LogP contribution in [0.3, 0.4) is 0 Å². The van der Waals surface area contributed by atoms with Gasteiger partial charge in [0.25, 0.3) is 5.91 Å². The monoisotopic (exact) mass is 394 g/mol. The van der Waals surface area contributed by atoms with Gasteiger partial charge >= 0.3 is 0 Å². The van der Waals surface area contributed by atoms with Crippen LogP contribution in [0.4, 0.5) is 0 Å². The predicted octanol–water partition coefficient (Wildman–Crippen LogP) is 4.22. The summed E-state index contributed by atoms with van der Waals surface area (Å²) in [5, 5.41) is 0. The second kappa shape index (κ2) is 8.32. The van der Waals surface area contributed by atoms with Crippen molar-refractivity contribution in [2.45, 2.75) is 26.3 Å². The predicted molar refractivity (Wildman–Crippen MR) is 112 cm³/mol. The Labute approximate surface area is 168 Å². The van der Waals surface area contributed by atoms with Crippen LogP contribution in [0.5, 0.6) is 11.5 Å². The standard InChI is InChI=1S/C22H22N2O3S/c1-6-9-24-19-8-7-15(14(2)3)12-20(19)28-22(24)23-21(25)16-10-17(26-4)13-18(11-16)27-5/h1,7-8,10-14H,9H2,2-5H3. The van der Waals surface area contributed by atoms with Crippen molar-refractivity contribution in [2.75, 3.05) is 14.2 Å². The number of carbonyl (C=O) groups is 1. The fourth-order valence-corrected chi connectivity index (χ4v) is 3.94. The van der Waals surface area contributed by atoms with Crippen LogP contribution in [0.15, 0.2) is 41.4 Å². The zero-order chi connectivity index (χ0) is 20.3. The van der Waals surface area contributed by atoms with Gasteiger partial charge in [-0.15, -0.1) is 6.42 Å². The van der Waals surface area contributed by atoms with Crippen molar-refractivity contribution in [1.82, 2.24) is 4.57 Å².